The summed E-state index contributed by atoms with van der Waals surface area (Å²) in [6.07, 6.45) is 2.74. The zero-order valence-corrected chi connectivity index (χ0v) is 14.8. The van der Waals surface area contributed by atoms with Crippen molar-refractivity contribution in [2.24, 2.45) is 0 Å². The molecule has 130 valence electrons. The third-order valence-electron chi connectivity index (χ3n) is 3.47. The van der Waals surface area contributed by atoms with Crippen LogP contribution in [0.3, 0.4) is 0 Å². The van der Waals surface area contributed by atoms with Gasteiger partial charge in [-0.05, 0) is 57.0 Å². The Kier molecular flexibility index (Phi) is 7.21. The second kappa shape index (κ2) is 9.65. The van der Waals surface area contributed by atoms with Crippen molar-refractivity contribution in [1.29, 1.82) is 0 Å². The molecule has 0 amide bonds. The Labute approximate surface area is 144 Å². The molecule has 5 heteroatoms. The van der Waals surface area contributed by atoms with Gasteiger partial charge in [0.2, 0.25) is 0 Å². The second-order valence-corrected chi connectivity index (χ2v) is 5.29. The molecule has 0 aliphatic rings. The van der Waals surface area contributed by atoms with E-state index in [0.717, 1.165) is 42.5 Å². The number of anilines is 2. The van der Waals surface area contributed by atoms with Crippen molar-refractivity contribution in [2.45, 2.75) is 27.2 Å². The highest BCUT2D eigenvalue weighted by Gasteiger charge is 2.06. The van der Waals surface area contributed by atoms with Crippen LogP contribution in [0.15, 0.2) is 36.5 Å². The van der Waals surface area contributed by atoms with E-state index in [1.807, 2.05) is 38.2 Å². The molecule has 0 spiro atoms. The number of benzene rings is 1. The first-order chi connectivity index (χ1) is 11.8. The summed E-state index contributed by atoms with van der Waals surface area (Å²) < 4.78 is 11.3. The summed E-state index contributed by atoms with van der Waals surface area (Å²) in [7, 11) is 0. The average Bonchev–Trinajstić information content (AvgIpc) is 2.59. The summed E-state index contributed by atoms with van der Waals surface area (Å²) in [4.78, 5) is 4.40. The van der Waals surface area contributed by atoms with Gasteiger partial charge >= 0.3 is 0 Å². The number of hydrogen-bond donors (Lipinski definition) is 2. The molecule has 0 atom stereocenters. The van der Waals surface area contributed by atoms with Crippen LogP contribution in [0.1, 0.15) is 26.3 Å². The topological polar surface area (TPSA) is 55.4 Å². The molecule has 2 rings (SSSR count). The summed E-state index contributed by atoms with van der Waals surface area (Å²) in [5, 5.41) is 6.58. The van der Waals surface area contributed by atoms with E-state index in [0.29, 0.717) is 13.2 Å². The van der Waals surface area contributed by atoms with Crippen LogP contribution in [0.4, 0.5) is 11.5 Å². The van der Waals surface area contributed by atoms with Gasteiger partial charge in [0.05, 0.1) is 25.1 Å². The molecule has 2 N–H and O–H groups in total. The zero-order valence-electron chi connectivity index (χ0n) is 14.8. The Balaban J connectivity index is 1.90. The van der Waals surface area contributed by atoms with Gasteiger partial charge in [-0.3, -0.25) is 0 Å². The Morgan fingerprint density at radius 1 is 0.917 bits per heavy atom. The predicted molar refractivity (Wildman–Crippen MR) is 99.4 cm³/mol. The van der Waals surface area contributed by atoms with Gasteiger partial charge in [-0.25, -0.2) is 4.98 Å². The van der Waals surface area contributed by atoms with E-state index >= 15 is 0 Å². The van der Waals surface area contributed by atoms with Crippen LogP contribution >= 0.6 is 0 Å². The highest BCUT2D eigenvalue weighted by atomic mass is 16.5. The molecule has 0 aliphatic heterocycles. The molecule has 0 bridgehead atoms. The molecule has 0 saturated carbocycles. The molecule has 1 heterocycles. The summed E-state index contributed by atoms with van der Waals surface area (Å²) in [6.45, 7) is 8.99. The van der Waals surface area contributed by atoms with Crippen molar-refractivity contribution in [3.8, 4) is 11.5 Å². The largest absolute Gasteiger partial charge is 0.490 e. The van der Waals surface area contributed by atoms with Crippen LogP contribution in [0.25, 0.3) is 0 Å². The lowest BCUT2D eigenvalue weighted by Crippen LogP contribution is -2.07. The Hall–Kier alpha value is -2.43. The minimum atomic E-state index is 0.629. The van der Waals surface area contributed by atoms with E-state index in [4.69, 9.17) is 9.47 Å². The Morgan fingerprint density at radius 3 is 2.38 bits per heavy atom. The van der Waals surface area contributed by atoms with Crippen LogP contribution in [0.5, 0.6) is 11.5 Å². The standard InChI is InChI=1S/C19H27N3O2/c1-4-20-16-8-10-19(22-14-16)21-12-11-15-7-9-17(23-5-2)18(13-15)24-6-3/h7-10,13-14,20H,4-6,11-12H2,1-3H3,(H,21,22). The number of nitrogens with one attached hydrogen (secondary N) is 2. The zero-order chi connectivity index (χ0) is 17.2. The van der Waals surface area contributed by atoms with Gasteiger partial charge in [-0.15, -0.1) is 0 Å². The van der Waals surface area contributed by atoms with E-state index in [-0.39, 0.29) is 0 Å². The smallest absolute Gasteiger partial charge is 0.161 e. The lowest BCUT2D eigenvalue weighted by atomic mass is 10.1. The second-order valence-electron chi connectivity index (χ2n) is 5.29. The number of aromatic nitrogens is 1. The first-order valence-corrected chi connectivity index (χ1v) is 8.59. The fraction of sp³-hybridized carbons (Fsp3) is 0.421. The molecule has 24 heavy (non-hydrogen) atoms. The van der Waals surface area contributed by atoms with Gasteiger partial charge in [-0.1, -0.05) is 6.07 Å². The minimum absolute atomic E-state index is 0.629. The van der Waals surface area contributed by atoms with Gasteiger partial charge < -0.3 is 20.1 Å². The van der Waals surface area contributed by atoms with Crippen LogP contribution < -0.4 is 20.1 Å². The van der Waals surface area contributed by atoms with E-state index < -0.39 is 0 Å². The number of rotatable bonds is 10. The van der Waals surface area contributed by atoms with E-state index in [9.17, 15) is 0 Å². The first kappa shape index (κ1) is 17.9. The maximum absolute atomic E-state index is 5.67. The molecular formula is C19H27N3O2. The number of hydrogen-bond acceptors (Lipinski definition) is 5. The van der Waals surface area contributed by atoms with Crippen molar-refractivity contribution in [3.63, 3.8) is 0 Å². The van der Waals surface area contributed by atoms with Crippen molar-refractivity contribution in [1.82, 2.24) is 4.98 Å². The van der Waals surface area contributed by atoms with Crippen LogP contribution in [0, 0.1) is 0 Å². The molecule has 2 aromatic rings. The molecule has 0 saturated heterocycles. The molecule has 5 nitrogen and oxygen atoms in total. The quantitative estimate of drug-likeness (QED) is 0.691. The lowest BCUT2D eigenvalue weighted by molar-refractivity contribution is 0.287. The number of pyridine rings is 1. The van der Waals surface area contributed by atoms with Crippen molar-refractivity contribution in [3.05, 3.63) is 42.1 Å². The maximum atomic E-state index is 5.67. The SMILES string of the molecule is CCNc1ccc(NCCc2ccc(OCC)c(OCC)c2)nc1. The van der Waals surface area contributed by atoms with E-state index in [1.54, 1.807) is 0 Å². The van der Waals surface area contributed by atoms with Crippen molar-refractivity contribution >= 4 is 11.5 Å². The van der Waals surface area contributed by atoms with Crippen molar-refractivity contribution in [2.75, 3.05) is 36.9 Å². The maximum Gasteiger partial charge on any atom is 0.161 e. The molecule has 0 unspecified atom stereocenters. The lowest BCUT2D eigenvalue weighted by Gasteiger charge is -2.13. The summed E-state index contributed by atoms with van der Waals surface area (Å²) >= 11 is 0. The van der Waals surface area contributed by atoms with E-state index in [1.165, 1.54) is 5.56 Å². The molecule has 0 aliphatic carbocycles. The number of nitrogens with zero attached hydrogens (tertiary/aromatic N) is 1. The van der Waals surface area contributed by atoms with Gasteiger partial charge in [-0.2, -0.15) is 0 Å². The normalized spacial score (nSPS) is 10.3. The van der Waals surface area contributed by atoms with Crippen LogP contribution in [-0.2, 0) is 6.42 Å². The fourth-order valence-electron chi connectivity index (χ4n) is 2.39. The average molecular weight is 329 g/mol. The predicted octanol–water partition coefficient (Wildman–Crippen LogP) is 3.97. The third-order valence-corrected chi connectivity index (χ3v) is 3.47. The summed E-state index contributed by atoms with van der Waals surface area (Å²) in [6, 6.07) is 10.1. The molecule has 0 radical (unpaired) electrons. The van der Waals surface area contributed by atoms with Crippen molar-refractivity contribution < 1.29 is 9.47 Å². The highest BCUT2D eigenvalue weighted by Crippen LogP contribution is 2.28. The van der Waals surface area contributed by atoms with Crippen LogP contribution in [0.2, 0.25) is 0 Å². The third kappa shape index (κ3) is 5.33. The van der Waals surface area contributed by atoms with Gasteiger partial charge in [0.1, 0.15) is 5.82 Å². The Bertz CT molecular complexity index is 615. The summed E-state index contributed by atoms with van der Waals surface area (Å²) in [5.41, 5.74) is 2.24. The van der Waals surface area contributed by atoms with E-state index in [2.05, 4.69) is 34.7 Å². The van der Waals surface area contributed by atoms with Crippen LogP contribution in [-0.4, -0.2) is 31.3 Å². The summed E-state index contributed by atoms with van der Waals surface area (Å²) in [5.74, 6) is 2.49. The molecular weight excluding hydrogens is 302 g/mol. The number of ether oxygens (including phenoxy) is 2. The monoisotopic (exact) mass is 329 g/mol. The highest BCUT2D eigenvalue weighted by molar-refractivity contribution is 5.47. The molecule has 0 fully saturated rings. The first-order valence-electron chi connectivity index (χ1n) is 8.59. The minimum Gasteiger partial charge on any atom is -0.490 e. The molecule has 1 aromatic carbocycles. The van der Waals surface area contributed by atoms with Gasteiger partial charge in [0.25, 0.3) is 0 Å². The Morgan fingerprint density at radius 2 is 1.71 bits per heavy atom. The van der Waals surface area contributed by atoms with Gasteiger partial charge in [0, 0.05) is 13.1 Å². The molecule has 1 aromatic heterocycles. The van der Waals surface area contributed by atoms with Gasteiger partial charge in [0.15, 0.2) is 11.5 Å². The fourth-order valence-corrected chi connectivity index (χ4v) is 2.39.